The van der Waals surface area contributed by atoms with E-state index in [-0.39, 0.29) is 5.52 Å². The number of imidazole rings is 1. The molecule has 0 aliphatic heterocycles. The smallest absolute Gasteiger partial charge is 0.312 e. The van der Waals surface area contributed by atoms with Crippen LogP contribution in [0, 0.1) is 0 Å². The Labute approximate surface area is 160 Å². The van der Waals surface area contributed by atoms with Crippen molar-refractivity contribution in [3.63, 3.8) is 0 Å². The number of nitrogens with zero attached hydrogens (tertiary/aromatic N) is 4. The summed E-state index contributed by atoms with van der Waals surface area (Å²) in [5.74, 6) is 0.534. The number of hydrogen-bond donors (Lipinski definition) is 0. The van der Waals surface area contributed by atoms with Gasteiger partial charge in [0.25, 0.3) is 0 Å². The molecule has 1 aliphatic rings. The second-order valence-corrected chi connectivity index (χ2v) is 7.89. The molecular weight excluding hydrogens is 373 g/mol. The van der Waals surface area contributed by atoms with Crippen LogP contribution in [0.2, 0.25) is 0 Å². The fourth-order valence-electron chi connectivity index (χ4n) is 3.18. The second-order valence-electron chi connectivity index (χ2n) is 6.49. The molecule has 0 N–H and O–H groups in total. The number of rotatable bonds is 5. The summed E-state index contributed by atoms with van der Waals surface area (Å²) in [6.45, 7) is 4.20. The third-order valence-electron chi connectivity index (χ3n) is 4.58. The van der Waals surface area contributed by atoms with Gasteiger partial charge in [-0.2, -0.15) is 13.2 Å². The van der Waals surface area contributed by atoms with Gasteiger partial charge >= 0.3 is 6.18 Å². The molecule has 1 fully saturated rings. The van der Waals surface area contributed by atoms with Crippen LogP contribution < -0.4 is 0 Å². The van der Waals surface area contributed by atoms with Crippen molar-refractivity contribution in [3.05, 3.63) is 41.2 Å². The van der Waals surface area contributed by atoms with Crippen molar-refractivity contribution in [1.82, 2.24) is 14.5 Å². The molecule has 0 amide bonds. The van der Waals surface area contributed by atoms with E-state index in [1.807, 2.05) is 0 Å². The van der Waals surface area contributed by atoms with Crippen LogP contribution in [0.3, 0.4) is 0 Å². The zero-order valence-electron chi connectivity index (χ0n) is 15.3. The van der Waals surface area contributed by atoms with E-state index in [1.54, 1.807) is 42.7 Å². The number of halogens is 3. The zero-order chi connectivity index (χ0) is 19.6. The lowest BCUT2D eigenvalue weighted by atomic mass is 10.2. The Morgan fingerprint density at radius 2 is 2.07 bits per heavy atom. The van der Waals surface area contributed by atoms with Gasteiger partial charge in [0.1, 0.15) is 11.3 Å². The summed E-state index contributed by atoms with van der Waals surface area (Å²) in [6, 6.07) is 1.03. The van der Waals surface area contributed by atoms with Crippen molar-refractivity contribution in [3.8, 4) is 0 Å². The Hall–Kier alpha value is -2.09. The number of aryl methyl sites for hydroxylation is 1. The van der Waals surface area contributed by atoms with Crippen LogP contribution >= 0.6 is 11.8 Å². The minimum atomic E-state index is -4.45. The number of thioether (sulfide) groups is 1. The first-order valence-electron chi connectivity index (χ1n) is 8.69. The lowest BCUT2D eigenvalue weighted by Crippen LogP contribution is -2.05. The maximum atomic E-state index is 13.0. The SMILES string of the molecule is C=C(SC1CCCC1)C(=CC=NC)c1nc2cc(C(F)(F)F)cnc2n1C. The van der Waals surface area contributed by atoms with Gasteiger partial charge in [0.2, 0.25) is 0 Å². The van der Waals surface area contributed by atoms with Gasteiger partial charge in [-0.05, 0) is 25.0 Å². The molecule has 0 unspecified atom stereocenters. The third kappa shape index (κ3) is 4.26. The molecule has 27 heavy (non-hydrogen) atoms. The molecule has 0 spiro atoms. The average Bonchev–Trinajstić information content (AvgIpc) is 3.23. The Morgan fingerprint density at radius 1 is 1.37 bits per heavy atom. The number of hydrogen-bond acceptors (Lipinski definition) is 4. The second kappa shape index (κ2) is 7.88. The molecular formula is C19H21F3N4S. The predicted molar refractivity (Wildman–Crippen MR) is 105 cm³/mol. The van der Waals surface area contributed by atoms with Gasteiger partial charge in [0.15, 0.2) is 5.65 Å². The molecule has 2 heterocycles. The molecule has 0 radical (unpaired) electrons. The highest BCUT2D eigenvalue weighted by molar-refractivity contribution is 8.04. The highest BCUT2D eigenvalue weighted by atomic mass is 32.2. The number of pyridine rings is 1. The first-order valence-corrected chi connectivity index (χ1v) is 9.57. The van der Waals surface area contributed by atoms with Gasteiger partial charge in [-0.1, -0.05) is 19.4 Å². The van der Waals surface area contributed by atoms with Gasteiger partial charge in [0, 0.05) is 42.2 Å². The Morgan fingerprint density at radius 3 is 2.70 bits per heavy atom. The van der Waals surface area contributed by atoms with Gasteiger partial charge < -0.3 is 4.57 Å². The molecule has 3 rings (SSSR count). The molecule has 0 bridgehead atoms. The highest BCUT2D eigenvalue weighted by Gasteiger charge is 2.32. The summed E-state index contributed by atoms with van der Waals surface area (Å²) in [5, 5.41) is 0.518. The highest BCUT2D eigenvalue weighted by Crippen LogP contribution is 2.39. The van der Waals surface area contributed by atoms with E-state index in [1.165, 1.54) is 12.8 Å². The minimum absolute atomic E-state index is 0.209. The summed E-state index contributed by atoms with van der Waals surface area (Å²) >= 11 is 1.71. The number of fused-ring (bicyclic) bond motifs is 1. The van der Waals surface area contributed by atoms with Crippen molar-refractivity contribution in [1.29, 1.82) is 0 Å². The summed E-state index contributed by atoms with van der Waals surface area (Å²) in [7, 11) is 3.41. The first kappa shape index (κ1) is 19.7. The molecule has 0 aromatic carbocycles. The number of aromatic nitrogens is 3. The van der Waals surface area contributed by atoms with Crippen molar-refractivity contribution in [2.24, 2.45) is 12.0 Å². The van der Waals surface area contributed by atoms with Crippen molar-refractivity contribution >= 4 is 34.7 Å². The van der Waals surface area contributed by atoms with Crippen LogP contribution in [-0.4, -0.2) is 33.0 Å². The van der Waals surface area contributed by atoms with Gasteiger partial charge in [-0.3, -0.25) is 4.99 Å². The van der Waals surface area contributed by atoms with Gasteiger partial charge in [-0.15, -0.1) is 11.8 Å². The van der Waals surface area contributed by atoms with Gasteiger partial charge in [-0.25, -0.2) is 9.97 Å². The minimum Gasteiger partial charge on any atom is -0.312 e. The zero-order valence-corrected chi connectivity index (χ0v) is 16.1. The Kier molecular flexibility index (Phi) is 5.74. The number of allylic oxidation sites excluding steroid dienone is 2. The van der Waals surface area contributed by atoms with Crippen LogP contribution in [0.4, 0.5) is 13.2 Å². The summed E-state index contributed by atoms with van der Waals surface area (Å²) in [6.07, 6.45) is 4.57. The third-order valence-corrected chi connectivity index (χ3v) is 5.89. The molecule has 0 saturated heterocycles. The standard InChI is InChI=1S/C19H21F3N4S/c1-12(27-14-6-4-5-7-14)15(8-9-23-2)17-25-16-10-13(19(20,21)22)11-24-18(16)26(17)3/h8-11,14H,1,4-7H2,2-3H3. The number of aliphatic imine (C=N–C) groups is 1. The van der Waals surface area contributed by atoms with Crippen LogP contribution in [0.5, 0.6) is 0 Å². The van der Waals surface area contributed by atoms with Crippen molar-refractivity contribution < 1.29 is 13.2 Å². The monoisotopic (exact) mass is 394 g/mol. The average molecular weight is 394 g/mol. The summed E-state index contributed by atoms with van der Waals surface area (Å²) in [5.41, 5.74) is 0.558. The maximum absolute atomic E-state index is 13.0. The topological polar surface area (TPSA) is 43.1 Å². The Bertz CT molecular complexity index is 906. The molecule has 4 nitrogen and oxygen atoms in total. The van der Waals surface area contributed by atoms with E-state index in [0.717, 1.165) is 35.6 Å². The van der Waals surface area contributed by atoms with Gasteiger partial charge in [0.05, 0.1) is 5.56 Å². The quantitative estimate of drug-likeness (QED) is 0.513. The van der Waals surface area contributed by atoms with Crippen LogP contribution in [0.1, 0.15) is 37.1 Å². The molecule has 2 aromatic heterocycles. The lowest BCUT2D eigenvalue weighted by Gasteiger charge is -2.14. The Balaban J connectivity index is 2.02. The maximum Gasteiger partial charge on any atom is 0.417 e. The van der Waals surface area contributed by atoms with Crippen molar-refractivity contribution in [2.75, 3.05) is 7.05 Å². The van der Waals surface area contributed by atoms with Crippen LogP contribution in [0.25, 0.3) is 16.7 Å². The predicted octanol–water partition coefficient (Wildman–Crippen LogP) is 5.26. The fourth-order valence-corrected chi connectivity index (χ4v) is 4.44. The van der Waals surface area contributed by atoms with Crippen LogP contribution in [-0.2, 0) is 13.2 Å². The molecule has 1 aliphatic carbocycles. The number of alkyl halides is 3. The molecule has 0 atom stereocenters. The first-order chi connectivity index (χ1) is 12.8. The van der Waals surface area contributed by atoms with E-state index in [9.17, 15) is 13.2 Å². The molecule has 2 aromatic rings. The molecule has 1 saturated carbocycles. The van der Waals surface area contributed by atoms with Crippen LogP contribution in [0.15, 0.2) is 34.8 Å². The van der Waals surface area contributed by atoms with Crippen molar-refractivity contribution in [2.45, 2.75) is 37.1 Å². The summed E-state index contributed by atoms with van der Waals surface area (Å²) in [4.78, 5) is 13.2. The van der Waals surface area contributed by atoms with E-state index < -0.39 is 11.7 Å². The normalized spacial score (nSPS) is 16.7. The van der Waals surface area contributed by atoms with E-state index in [2.05, 4.69) is 21.5 Å². The molecule has 8 heteroatoms. The largest absolute Gasteiger partial charge is 0.417 e. The van der Waals surface area contributed by atoms with E-state index in [4.69, 9.17) is 0 Å². The summed E-state index contributed by atoms with van der Waals surface area (Å²) < 4.78 is 40.6. The molecule has 144 valence electrons. The van der Waals surface area contributed by atoms with E-state index in [0.29, 0.717) is 16.7 Å². The lowest BCUT2D eigenvalue weighted by molar-refractivity contribution is -0.137. The fraction of sp³-hybridized carbons (Fsp3) is 0.421. The van der Waals surface area contributed by atoms with E-state index >= 15 is 0 Å².